The highest BCUT2D eigenvalue weighted by molar-refractivity contribution is 7.92. The molecule has 0 saturated carbocycles. The van der Waals surface area contributed by atoms with Crippen molar-refractivity contribution in [3.05, 3.63) is 64.6 Å². The predicted molar refractivity (Wildman–Crippen MR) is 193 cm³/mol. The SMILES string of the molecule is CC(=O)OCC(=O)N(CCO[Si](C)(C)C(C)(C)C)c1ccc(/C=C/S(=O)(=O)N2CCC3(CC2)N=C(c2cccc(OC(F)(F)F)c2)NC3=O)c(C)c1. The number of rotatable bonds is 12. The molecule has 0 bridgehead atoms. The van der Waals surface area contributed by atoms with Crippen LogP contribution >= 0.6 is 0 Å². The fourth-order valence-electron chi connectivity index (χ4n) is 5.45. The van der Waals surface area contributed by atoms with Gasteiger partial charge >= 0.3 is 12.3 Å². The van der Waals surface area contributed by atoms with Crippen molar-refractivity contribution in [1.29, 1.82) is 0 Å². The number of nitrogens with one attached hydrogen (secondary N) is 1. The van der Waals surface area contributed by atoms with Crippen LogP contribution in [-0.2, 0) is 33.6 Å². The van der Waals surface area contributed by atoms with Crippen LogP contribution in [0.5, 0.6) is 5.75 Å². The molecule has 2 aliphatic heterocycles. The number of aliphatic imine (C=N–C) groups is 1. The molecular weight excluding hydrogens is 722 g/mol. The van der Waals surface area contributed by atoms with Crippen LogP contribution in [-0.4, -0.2) is 89.4 Å². The summed E-state index contributed by atoms with van der Waals surface area (Å²) in [6.07, 6.45) is -3.29. The summed E-state index contributed by atoms with van der Waals surface area (Å²) in [6, 6.07) is 10.2. The fraction of sp³-hybridized carbons (Fsp3) is 0.486. The Kier molecular flexibility index (Phi) is 12.1. The van der Waals surface area contributed by atoms with E-state index in [0.717, 1.165) is 17.5 Å². The molecule has 2 aliphatic rings. The Morgan fingerprint density at radius 1 is 1.10 bits per heavy atom. The number of aryl methyl sites for hydroxylation is 1. The largest absolute Gasteiger partial charge is 0.573 e. The molecule has 0 radical (unpaired) electrons. The molecule has 1 fully saturated rings. The lowest BCUT2D eigenvalue weighted by molar-refractivity contribution is -0.274. The summed E-state index contributed by atoms with van der Waals surface area (Å²) in [7, 11) is -6.02. The number of sulfonamides is 1. The Morgan fingerprint density at radius 2 is 1.77 bits per heavy atom. The third kappa shape index (κ3) is 10.1. The van der Waals surface area contributed by atoms with Gasteiger partial charge in [0.05, 0.1) is 6.61 Å². The van der Waals surface area contributed by atoms with Crippen LogP contribution in [0.4, 0.5) is 18.9 Å². The number of alkyl halides is 3. The van der Waals surface area contributed by atoms with Crippen LogP contribution in [0.3, 0.4) is 0 Å². The van der Waals surface area contributed by atoms with Gasteiger partial charge in [0, 0.05) is 43.2 Å². The summed E-state index contributed by atoms with van der Waals surface area (Å²) in [6.45, 7) is 13.6. The normalized spacial score (nSPS) is 16.9. The van der Waals surface area contributed by atoms with Crippen molar-refractivity contribution in [3.63, 3.8) is 0 Å². The van der Waals surface area contributed by atoms with Crippen molar-refractivity contribution in [3.8, 4) is 5.75 Å². The second-order valence-electron chi connectivity index (χ2n) is 14.2. The van der Waals surface area contributed by atoms with E-state index in [1.54, 1.807) is 25.1 Å². The number of hydrogen-bond acceptors (Lipinski definition) is 9. The molecule has 2 amide bonds. The van der Waals surface area contributed by atoms with Gasteiger partial charge in [-0.1, -0.05) is 39.0 Å². The van der Waals surface area contributed by atoms with Gasteiger partial charge < -0.3 is 24.1 Å². The quantitative estimate of drug-likeness (QED) is 0.220. The smallest absolute Gasteiger partial charge is 0.456 e. The number of esters is 1. The van der Waals surface area contributed by atoms with Gasteiger partial charge in [-0.3, -0.25) is 19.4 Å². The number of piperidine rings is 1. The predicted octanol–water partition coefficient (Wildman–Crippen LogP) is 5.52. The highest BCUT2D eigenvalue weighted by Gasteiger charge is 2.47. The number of hydrogen-bond donors (Lipinski definition) is 1. The highest BCUT2D eigenvalue weighted by Crippen LogP contribution is 2.37. The average molecular weight is 767 g/mol. The molecule has 4 rings (SSSR count). The molecule has 12 nitrogen and oxygen atoms in total. The second-order valence-corrected chi connectivity index (χ2v) is 20.9. The molecule has 1 N–H and O–H groups in total. The molecule has 52 heavy (non-hydrogen) atoms. The molecule has 0 aromatic heterocycles. The van der Waals surface area contributed by atoms with E-state index in [-0.39, 0.29) is 55.5 Å². The number of halogens is 3. The number of carbonyl (C=O) groups is 3. The summed E-state index contributed by atoms with van der Waals surface area (Å²) >= 11 is 0. The summed E-state index contributed by atoms with van der Waals surface area (Å²) < 4.78 is 81.3. The van der Waals surface area contributed by atoms with Gasteiger partial charge in [-0.2, -0.15) is 4.31 Å². The first-order valence-corrected chi connectivity index (χ1v) is 21.1. The summed E-state index contributed by atoms with van der Waals surface area (Å²) in [5.41, 5.74) is 0.775. The van der Waals surface area contributed by atoms with Gasteiger partial charge in [0.15, 0.2) is 14.9 Å². The van der Waals surface area contributed by atoms with Crippen LogP contribution in [0.1, 0.15) is 57.2 Å². The minimum Gasteiger partial charge on any atom is -0.456 e. The van der Waals surface area contributed by atoms with Crippen molar-refractivity contribution in [2.45, 2.75) is 77.5 Å². The van der Waals surface area contributed by atoms with E-state index in [0.29, 0.717) is 16.8 Å². The van der Waals surface area contributed by atoms with Crippen LogP contribution in [0.15, 0.2) is 52.9 Å². The molecule has 284 valence electrons. The summed E-state index contributed by atoms with van der Waals surface area (Å²) in [4.78, 5) is 43.5. The zero-order chi connectivity index (χ0) is 38.7. The van der Waals surface area contributed by atoms with Gasteiger partial charge in [0.2, 0.25) is 10.0 Å². The van der Waals surface area contributed by atoms with E-state index in [1.807, 2.05) is 0 Å². The zero-order valence-corrected chi connectivity index (χ0v) is 32.1. The summed E-state index contributed by atoms with van der Waals surface area (Å²) in [5.74, 6) is -1.85. The Balaban J connectivity index is 1.44. The van der Waals surface area contributed by atoms with Crippen molar-refractivity contribution in [2.75, 3.05) is 37.7 Å². The van der Waals surface area contributed by atoms with Crippen LogP contribution in [0.2, 0.25) is 18.1 Å². The molecule has 2 heterocycles. The lowest BCUT2D eigenvalue weighted by atomic mass is 9.89. The van der Waals surface area contributed by atoms with Crippen molar-refractivity contribution in [1.82, 2.24) is 9.62 Å². The van der Waals surface area contributed by atoms with Crippen LogP contribution < -0.4 is 15.0 Å². The third-order valence-corrected chi connectivity index (χ3v) is 15.6. The molecule has 1 saturated heterocycles. The van der Waals surface area contributed by atoms with Gasteiger partial charge in [0.1, 0.15) is 17.1 Å². The third-order valence-electron chi connectivity index (χ3n) is 9.50. The molecule has 0 atom stereocenters. The van der Waals surface area contributed by atoms with Crippen LogP contribution in [0, 0.1) is 6.92 Å². The lowest BCUT2D eigenvalue weighted by Crippen LogP contribution is -2.50. The van der Waals surface area contributed by atoms with Crippen molar-refractivity contribution >= 4 is 53.7 Å². The second kappa shape index (κ2) is 15.5. The van der Waals surface area contributed by atoms with E-state index in [4.69, 9.17) is 9.16 Å². The van der Waals surface area contributed by atoms with E-state index in [1.165, 1.54) is 34.3 Å². The highest BCUT2D eigenvalue weighted by atomic mass is 32.2. The molecule has 0 aliphatic carbocycles. The van der Waals surface area contributed by atoms with Gasteiger partial charge in [-0.15, -0.1) is 13.2 Å². The van der Waals surface area contributed by atoms with Crippen LogP contribution in [0.25, 0.3) is 6.08 Å². The molecule has 0 unspecified atom stereocenters. The number of benzene rings is 2. The number of nitrogens with zero attached hydrogens (tertiary/aromatic N) is 3. The maximum atomic E-state index is 13.3. The first-order chi connectivity index (χ1) is 24.0. The Hall–Kier alpha value is -4.06. The minimum absolute atomic E-state index is 0.0115. The molecular formula is C35H45F3N4O8SSi. The molecule has 2 aromatic rings. The van der Waals surface area contributed by atoms with Gasteiger partial charge in [-0.05, 0) is 79.4 Å². The monoisotopic (exact) mass is 766 g/mol. The Bertz CT molecular complexity index is 1850. The van der Waals surface area contributed by atoms with E-state index in [2.05, 4.69) is 48.9 Å². The minimum atomic E-state index is -4.88. The maximum absolute atomic E-state index is 13.3. The van der Waals surface area contributed by atoms with Crippen molar-refractivity contribution < 1.29 is 49.9 Å². The Morgan fingerprint density at radius 3 is 2.37 bits per heavy atom. The standard InChI is InChI=1S/C35H45F3N4O8SSi/c1-24-21-28(42(30(44)23-48-25(2)43)18-19-49-52(6,7)33(3,4)5)12-11-26(24)13-20-51(46,47)41-16-14-34(15-17-41)32(45)39-31(40-34)27-9-8-10-29(22-27)50-35(36,37)38/h8-13,20-22H,14-19,23H2,1-7H3,(H,39,40,45)/b20-13+. The number of amides is 2. The molecule has 2 aromatic carbocycles. The fourth-order valence-corrected chi connectivity index (χ4v) is 7.67. The Labute approximate surface area is 303 Å². The maximum Gasteiger partial charge on any atom is 0.573 e. The zero-order valence-electron chi connectivity index (χ0n) is 30.3. The first-order valence-electron chi connectivity index (χ1n) is 16.7. The summed E-state index contributed by atoms with van der Waals surface area (Å²) in [5, 5.41) is 3.67. The van der Waals surface area contributed by atoms with E-state index < -0.39 is 60.4 Å². The van der Waals surface area contributed by atoms with Gasteiger partial charge in [0.25, 0.3) is 11.8 Å². The average Bonchev–Trinajstić information content (AvgIpc) is 3.35. The van der Waals surface area contributed by atoms with Crippen molar-refractivity contribution in [2.24, 2.45) is 4.99 Å². The number of amidine groups is 1. The van der Waals surface area contributed by atoms with E-state index >= 15 is 0 Å². The topological polar surface area (TPSA) is 144 Å². The lowest BCUT2D eigenvalue weighted by Gasteiger charge is -2.36. The number of carbonyl (C=O) groups excluding carboxylic acids is 3. The van der Waals surface area contributed by atoms with Gasteiger partial charge in [-0.25, -0.2) is 8.42 Å². The van der Waals surface area contributed by atoms with E-state index in [9.17, 15) is 36.0 Å². The molecule has 17 heteroatoms. The molecule has 1 spiro atoms. The number of ether oxygens (including phenoxy) is 2. The first kappa shape index (κ1) is 40.7. The number of anilines is 1.